The number of methoxy groups -OCH3 is 3. The number of halogens is 1. The minimum Gasteiger partial charge on any atom is -0.496 e. The van der Waals surface area contributed by atoms with Gasteiger partial charge in [0.2, 0.25) is 0 Å². The zero-order valence-corrected chi connectivity index (χ0v) is 15.7. The Bertz CT molecular complexity index is 881. The Kier molecular flexibility index (Phi) is 7.38. The number of benzene rings is 2. The number of hydrogen-bond donors (Lipinski definition) is 1. The zero-order chi connectivity index (χ0) is 20.5. The van der Waals surface area contributed by atoms with E-state index in [9.17, 15) is 14.0 Å². The van der Waals surface area contributed by atoms with E-state index in [1.54, 1.807) is 18.2 Å². The first-order valence-corrected chi connectivity index (χ1v) is 8.17. The second-order valence-corrected chi connectivity index (χ2v) is 5.42. The summed E-state index contributed by atoms with van der Waals surface area (Å²) in [5, 5.41) is 2.32. The molecule has 0 heterocycles. The number of rotatable bonds is 8. The van der Waals surface area contributed by atoms with Crippen LogP contribution in [0, 0.1) is 5.82 Å². The molecule has 7 nitrogen and oxygen atoms in total. The van der Waals surface area contributed by atoms with Gasteiger partial charge in [-0.3, -0.25) is 4.79 Å². The number of amides is 1. The van der Waals surface area contributed by atoms with Gasteiger partial charge in [-0.2, -0.15) is 0 Å². The van der Waals surface area contributed by atoms with E-state index in [1.807, 2.05) is 0 Å². The van der Waals surface area contributed by atoms with Crippen LogP contribution in [0.4, 0.5) is 10.1 Å². The molecule has 1 amide bonds. The van der Waals surface area contributed by atoms with Crippen LogP contribution in [0.1, 0.15) is 5.56 Å². The number of esters is 1. The summed E-state index contributed by atoms with van der Waals surface area (Å²) in [6.07, 6.45) is 2.60. The molecule has 0 saturated carbocycles. The van der Waals surface area contributed by atoms with Crippen molar-refractivity contribution in [3.05, 3.63) is 53.9 Å². The van der Waals surface area contributed by atoms with Crippen molar-refractivity contribution in [2.75, 3.05) is 33.3 Å². The molecule has 1 N–H and O–H groups in total. The predicted octanol–water partition coefficient (Wildman–Crippen LogP) is 3.05. The molecular formula is C20H20FNO6. The SMILES string of the molecule is COc1cc(OC)c(OC)cc1/C=C/C(=O)OCC(=O)Nc1ccccc1F. The molecule has 0 aliphatic carbocycles. The van der Waals surface area contributed by atoms with Crippen molar-refractivity contribution in [1.82, 2.24) is 0 Å². The summed E-state index contributed by atoms with van der Waals surface area (Å²) >= 11 is 0. The topological polar surface area (TPSA) is 83.1 Å². The van der Waals surface area contributed by atoms with Gasteiger partial charge in [0.1, 0.15) is 11.6 Å². The number of para-hydroxylation sites is 1. The molecule has 2 aromatic rings. The lowest BCUT2D eigenvalue weighted by Gasteiger charge is -2.12. The first kappa shape index (κ1) is 20.8. The molecule has 0 aliphatic rings. The van der Waals surface area contributed by atoms with Gasteiger partial charge in [-0.25, -0.2) is 9.18 Å². The number of ether oxygens (including phenoxy) is 4. The lowest BCUT2D eigenvalue weighted by molar-refractivity contribution is -0.142. The van der Waals surface area contributed by atoms with Crippen molar-refractivity contribution < 1.29 is 32.9 Å². The van der Waals surface area contributed by atoms with Gasteiger partial charge in [-0.05, 0) is 24.3 Å². The van der Waals surface area contributed by atoms with Crippen molar-refractivity contribution in [3.8, 4) is 17.2 Å². The second-order valence-electron chi connectivity index (χ2n) is 5.42. The molecule has 0 saturated heterocycles. The number of carbonyl (C=O) groups excluding carboxylic acids is 2. The Morgan fingerprint density at radius 3 is 2.29 bits per heavy atom. The third-order valence-electron chi connectivity index (χ3n) is 3.63. The summed E-state index contributed by atoms with van der Waals surface area (Å²) in [5.74, 6) is -0.595. The van der Waals surface area contributed by atoms with E-state index in [0.717, 1.165) is 6.08 Å². The highest BCUT2D eigenvalue weighted by molar-refractivity contribution is 5.94. The Balaban J connectivity index is 1.98. The fraction of sp³-hybridized carbons (Fsp3) is 0.200. The molecule has 0 radical (unpaired) electrons. The Labute approximate surface area is 161 Å². The van der Waals surface area contributed by atoms with E-state index in [-0.39, 0.29) is 5.69 Å². The van der Waals surface area contributed by atoms with Crippen LogP contribution >= 0.6 is 0 Å². The molecule has 148 valence electrons. The highest BCUT2D eigenvalue weighted by Crippen LogP contribution is 2.35. The summed E-state index contributed by atoms with van der Waals surface area (Å²) in [5.41, 5.74) is 0.557. The minimum atomic E-state index is -0.750. The standard InChI is InChI=1S/C20H20FNO6/c1-25-16-11-18(27-3)17(26-2)10-13(16)8-9-20(24)28-12-19(23)22-15-7-5-4-6-14(15)21/h4-11H,12H2,1-3H3,(H,22,23)/b9-8+. The van der Waals surface area contributed by atoms with Crippen molar-refractivity contribution in [3.63, 3.8) is 0 Å². The molecule has 0 atom stereocenters. The van der Waals surface area contributed by atoms with Gasteiger partial charge in [-0.15, -0.1) is 0 Å². The van der Waals surface area contributed by atoms with Crippen LogP contribution in [0.2, 0.25) is 0 Å². The minimum absolute atomic E-state index is 0.00848. The van der Waals surface area contributed by atoms with Gasteiger partial charge in [0, 0.05) is 17.7 Å². The second kappa shape index (κ2) is 9.96. The van der Waals surface area contributed by atoms with Crippen molar-refractivity contribution in [2.24, 2.45) is 0 Å². The molecule has 2 rings (SSSR count). The molecule has 0 bridgehead atoms. The molecule has 0 aromatic heterocycles. The largest absolute Gasteiger partial charge is 0.496 e. The maximum Gasteiger partial charge on any atom is 0.331 e. The molecule has 0 spiro atoms. The number of carbonyl (C=O) groups is 2. The van der Waals surface area contributed by atoms with E-state index >= 15 is 0 Å². The lowest BCUT2D eigenvalue weighted by Crippen LogP contribution is -2.20. The molecule has 0 aliphatic heterocycles. The van der Waals surface area contributed by atoms with Gasteiger partial charge in [0.05, 0.1) is 27.0 Å². The van der Waals surface area contributed by atoms with Gasteiger partial charge in [-0.1, -0.05) is 12.1 Å². The molecular weight excluding hydrogens is 369 g/mol. The predicted molar refractivity (Wildman–Crippen MR) is 101 cm³/mol. The van der Waals surface area contributed by atoms with Crippen LogP contribution in [0.25, 0.3) is 6.08 Å². The number of nitrogens with one attached hydrogen (secondary N) is 1. The third kappa shape index (κ3) is 5.47. The van der Waals surface area contributed by atoms with E-state index in [4.69, 9.17) is 18.9 Å². The van der Waals surface area contributed by atoms with Gasteiger partial charge < -0.3 is 24.3 Å². The third-order valence-corrected chi connectivity index (χ3v) is 3.63. The van der Waals surface area contributed by atoms with E-state index in [1.165, 1.54) is 45.6 Å². The monoisotopic (exact) mass is 389 g/mol. The molecule has 28 heavy (non-hydrogen) atoms. The number of anilines is 1. The number of hydrogen-bond acceptors (Lipinski definition) is 6. The summed E-state index contributed by atoms with van der Waals surface area (Å²) in [4.78, 5) is 23.6. The van der Waals surface area contributed by atoms with Crippen LogP contribution in [-0.4, -0.2) is 39.8 Å². The van der Waals surface area contributed by atoms with Crippen LogP contribution in [-0.2, 0) is 14.3 Å². The summed E-state index contributed by atoms with van der Waals surface area (Å²) < 4.78 is 34.0. The molecule has 0 fully saturated rings. The van der Waals surface area contributed by atoms with Crippen molar-refractivity contribution in [1.29, 1.82) is 0 Å². The average molecular weight is 389 g/mol. The summed E-state index contributed by atoms with van der Waals surface area (Å²) in [6, 6.07) is 8.93. The molecule has 8 heteroatoms. The molecule has 2 aromatic carbocycles. The Morgan fingerprint density at radius 2 is 1.64 bits per heavy atom. The zero-order valence-electron chi connectivity index (χ0n) is 15.7. The maximum absolute atomic E-state index is 13.5. The lowest BCUT2D eigenvalue weighted by atomic mass is 10.1. The average Bonchev–Trinajstić information content (AvgIpc) is 2.71. The van der Waals surface area contributed by atoms with Crippen LogP contribution in [0.3, 0.4) is 0 Å². The normalized spacial score (nSPS) is 10.4. The quantitative estimate of drug-likeness (QED) is 0.552. The Hall–Kier alpha value is -3.55. The van der Waals surface area contributed by atoms with E-state index in [2.05, 4.69) is 5.32 Å². The highest BCUT2D eigenvalue weighted by Gasteiger charge is 2.11. The van der Waals surface area contributed by atoms with E-state index < -0.39 is 24.3 Å². The van der Waals surface area contributed by atoms with Crippen molar-refractivity contribution in [2.45, 2.75) is 0 Å². The fourth-order valence-corrected chi connectivity index (χ4v) is 2.27. The van der Waals surface area contributed by atoms with Crippen molar-refractivity contribution >= 4 is 23.6 Å². The first-order valence-electron chi connectivity index (χ1n) is 8.17. The summed E-state index contributed by atoms with van der Waals surface area (Å²) in [7, 11) is 4.46. The highest BCUT2D eigenvalue weighted by atomic mass is 19.1. The van der Waals surface area contributed by atoms with Crippen LogP contribution < -0.4 is 19.5 Å². The Morgan fingerprint density at radius 1 is 1.00 bits per heavy atom. The van der Waals surface area contributed by atoms with Crippen LogP contribution in [0.5, 0.6) is 17.2 Å². The van der Waals surface area contributed by atoms with Gasteiger partial charge in [0.25, 0.3) is 5.91 Å². The smallest absolute Gasteiger partial charge is 0.331 e. The molecule has 0 unspecified atom stereocenters. The summed E-state index contributed by atoms with van der Waals surface area (Å²) in [6.45, 7) is -0.555. The van der Waals surface area contributed by atoms with E-state index in [0.29, 0.717) is 22.8 Å². The van der Waals surface area contributed by atoms with Gasteiger partial charge in [0.15, 0.2) is 18.1 Å². The fourth-order valence-electron chi connectivity index (χ4n) is 2.27. The first-order chi connectivity index (χ1) is 13.5. The maximum atomic E-state index is 13.5. The van der Waals surface area contributed by atoms with Crippen LogP contribution in [0.15, 0.2) is 42.5 Å². The van der Waals surface area contributed by atoms with Gasteiger partial charge >= 0.3 is 5.97 Å².